The normalized spacial score (nSPS) is 11.7. The maximum Gasteiger partial charge on any atom is 0.0994 e. The van der Waals surface area contributed by atoms with Crippen LogP contribution in [0.15, 0.2) is 49.3 Å². The van der Waals surface area contributed by atoms with E-state index in [1.807, 2.05) is 25.1 Å². The van der Waals surface area contributed by atoms with E-state index in [1.54, 1.807) is 24.5 Å². The Bertz CT molecular complexity index is 671. The van der Waals surface area contributed by atoms with Gasteiger partial charge in [-0.3, -0.25) is 4.98 Å². The van der Waals surface area contributed by atoms with E-state index in [-0.39, 0.29) is 0 Å². The largest absolute Gasteiger partial charge is 0.388 e. The second-order valence-corrected chi connectivity index (χ2v) is 4.64. The Morgan fingerprint density at radius 2 is 2.25 bits per heavy atom. The standard InChI is InChI=1S/C17H16N2O/c1-3-4-17(20)15-7-8-19-11-16(15)13-5-6-14(10-18)12(2)9-13/h3,5-9,11,17,20H,1,4H2,2H3. The van der Waals surface area contributed by atoms with Gasteiger partial charge in [-0.25, -0.2) is 0 Å². The van der Waals surface area contributed by atoms with Crippen molar-refractivity contribution < 1.29 is 5.11 Å². The summed E-state index contributed by atoms with van der Waals surface area (Å²) >= 11 is 0. The molecule has 1 N–H and O–H groups in total. The fraction of sp³-hybridized carbons (Fsp3) is 0.176. The van der Waals surface area contributed by atoms with E-state index in [0.717, 1.165) is 22.3 Å². The van der Waals surface area contributed by atoms with Crippen LogP contribution in [-0.2, 0) is 0 Å². The van der Waals surface area contributed by atoms with Gasteiger partial charge in [0.2, 0.25) is 0 Å². The Labute approximate surface area is 118 Å². The van der Waals surface area contributed by atoms with Gasteiger partial charge in [0.1, 0.15) is 0 Å². The van der Waals surface area contributed by atoms with E-state index in [4.69, 9.17) is 5.26 Å². The van der Waals surface area contributed by atoms with Gasteiger partial charge in [-0.1, -0.05) is 18.2 Å². The highest BCUT2D eigenvalue weighted by Crippen LogP contribution is 2.30. The van der Waals surface area contributed by atoms with Crippen molar-refractivity contribution in [3.05, 3.63) is 66.0 Å². The van der Waals surface area contributed by atoms with Crippen LogP contribution in [0.25, 0.3) is 11.1 Å². The predicted octanol–water partition coefficient (Wildman–Crippen LogP) is 3.54. The zero-order chi connectivity index (χ0) is 14.5. The molecule has 0 spiro atoms. The Kier molecular flexibility index (Phi) is 4.29. The number of rotatable bonds is 4. The van der Waals surface area contributed by atoms with E-state index >= 15 is 0 Å². The molecule has 1 aromatic carbocycles. The fourth-order valence-electron chi connectivity index (χ4n) is 2.18. The summed E-state index contributed by atoms with van der Waals surface area (Å²) in [5.41, 5.74) is 4.23. The van der Waals surface area contributed by atoms with Crippen molar-refractivity contribution in [2.45, 2.75) is 19.4 Å². The zero-order valence-electron chi connectivity index (χ0n) is 11.4. The van der Waals surface area contributed by atoms with Crippen LogP contribution in [0.3, 0.4) is 0 Å². The molecule has 0 aliphatic carbocycles. The Morgan fingerprint density at radius 3 is 2.90 bits per heavy atom. The summed E-state index contributed by atoms with van der Waals surface area (Å²) in [4.78, 5) is 4.13. The number of hydrogen-bond acceptors (Lipinski definition) is 3. The zero-order valence-corrected chi connectivity index (χ0v) is 11.4. The third kappa shape index (κ3) is 2.76. The first kappa shape index (κ1) is 14.0. The Hall–Kier alpha value is -2.44. The topological polar surface area (TPSA) is 56.9 Å². The molecule has 3 heteroatoms. The van der Waals surface area contributed by atoms with Gasteiger partial charge >= 0.3 is 0 Å². The van der Waals surface area contributed by atoms with Crippen LogP contribution < -0.4 is 0 Å². The summed E-state index contributed by atoms with van der Waals surface area (Å²) in [7, 11) is 0. The number of hydrogen-bond donors (Lipinski definition) is 1. The number of pyridine rings is 1. The molecule has 1 aromatic heterocycles. The molecule has 0 fully saturated rings. The molecule has 2 rings (SSSR count). The first-order valence-electron chi connectivity index (χ1n) is 6.41. The molecule has 0 bridgehead atoms. The monoisotopic (exact) mass is 264 g/mol. The molecule has 1 atom stereocenters. The third-order valence-electron chi connectivity index (χ3n) is 3.26. The minimum Gasteiger partial charge on any atom is -0.388 e. The van der Waals surface area contributed by atoms with Gasteiger partial charge in [-0.05, 0) is 42.2 Å². The smallest absolute Gasteiger partial charge is 0.0994 e. The van der Waals surface area contributed by atoms with E-state index in [0.29, 0.717) is 12.0 Å². The summed E-state index contributed by atoms with van der Waals surface area (Å²) in [6.07, 6.45) is 5.00. The molecule has 0 aliphatic rings. The molecule has 0 saturated heterocycles. The Morgan fingerprint density at radius 1 is 1.45 bits per heavy atom. The molecular formula is C17H16N2O. The lowest BCUT2D eigenvalue weighted by Crippen LogP contribution is -1.99. The van der Waals surface area contributed by atoms with E-state index < -0.39 is 6.10 Å². The molecule has 100 valence electrons. The summed E-state index contributed by atoms with van der Waals surface area (Å²) in [5.74, 6) is 0. The second-order valence-electron chi connectivity index (χ2n) is 4.64. The summed E-state index contributed by atoms with van der Waals surface area (Å²) in [6, 6.07) is 9.59. The van der Waals surface area contributed by atoms with Gasteiger partial charge in [0.25, 0.3) is 0 Å². The lowest BCUT2D eigenvalue weighted by molar-refractivity contribution is 0.182. The molecule has 0 amide bonds. The van der Waals surface area contributed by atoms with Gasteiger partial charge in [0.05, 0.1) is 17.7 Å². The van der Waals surface area contributed by atoms with Crippen molar-refractivity contribution in [3.63, 3.8) is 0 Å². The number of aliphatic hydroxyl groups excluding tert-OH is 1. The van der Waals surface area contributed by atoms with Gasteiger partial charge in [0.15, 0.2) is 0 Å². The maximum absolute atomic E-state index is 10.2. The SMILES string of the molecule is C=CCC(O)c1ccncc1-c1ccc(C#N)c(C)c1. The van der Waals surface area contributed by atoms with Crippen LogP contribution in [0.2, 0.25) is 0 Å². The first-order valence-corrected chi connectivity index (χ1v) is 6.41. The Balaban J connectivity index is 2.50. The lowest BCUT2D eigenvalue weighted by atomic mass is 9.95. The number of aryl methyl sites for hydroxylation is 1. The number of aromatic nitrogens is 1. The lowest BCUT2D eigenvalue weighted by Gasteiger charge is -2.14. The van der Waals surface area contributed by atoms with Crippen LogP contribution in [0.1, 0.15) is 29.2 Å². The van der Waals surface area contributed by atoms with Crippen molar-refractivity contribution >= 4 is 0 Å². The highest BCUT2D eigenvalue weighted by molar-refractivity contribution is 5.68. The summed E-state index contributed by atoms with van der Waals surface area (Å²) in [6.45, 7) is 5.55. The molecule has 1 heterocycles. The first-order chi connectivity index (χ1) is 9.67. The minimum absolute atomic E-state index is 0.492. The molecular weight excluding hydrogens is 248 g/mol. The third-order valence-corrected chi connectivity index (χ3v) is 3.26. The van der Waals surface area contributed by atoms with Gasteiger partial charge < -0.3 is 5.11 Å². The average molecular weight is 264 g/mol. The van der Waals surface area contributed by atoms with Crippen molar-refractivity contribution in [2.75, 3.05) is 0 Å². The molecule has 1 unspecified atom stereocenters. The van der Waals surface area contributed by atoms with Crippen LogP contribution in [-0.4, -0.2) is 10.1 Å². The van der Waals surface area contributed by atoms with Crippen LogP contribution >= 0.6 is 0 Å². The number of aliphatic hydroxyl groups is 1. The van der Waals surface area contributed by atoms with E-state index in [1.165, 1.54) is 0 Å². The van der Waals surface area contributed by atoms with Crippen molar-refractivity contribution in [1.82, 2.24) is 4.98 Å². The van der Waals surface area contributed by atoms with Gasteiger partial charge in [-0.2, -0.15) is 5.26 Å². The average Bonchev–Trinajstić information content (AvgIpc) is 2.47. The van der Waals surface area contributed by atoms with Crippen LogP contribution in [0, 0.1) is 18.3 Å². The van der Waals surface area contributed by atoms with Crippen molar-refractivity contribution in [1.29, 1.82) is 5.26 Å². The van der Waals surface area contributed by atoms with E-state index in [2.05, 4.69) is 17.6 Å². The summed E-state index contributed by atoms with van der Waals surface area (Å²) < 4.78 is 0. The number of nitriles is 1. The fourth-order valence-corrected chi connectivity index (χ4v) is 2.18. The quantitative estimate of drug-likeness (QED) is 0.859. The maximum atomic E-state index is 10.2. The van der Waals surface area contributed by atoms with E-state index in [9.17, 15) is 5.11 Å². The molecule has 0 saturated carbocycles. The molecule has 20 heavy (non-hydrogen) atoms. The summed E-state index contributed by atoms with van der Waals surface area (Å²) in [5, 5.41) is 19.2. The molecule has 0 aliphatic heterocycles. The van der Waals surface area contributed by atoms with Gasteiger partial charge in [0, 0.05) is 18.0 Å². The second kappa shape index (κ2) is 6.14. The molecule has 2 aromatic rings. The predicted molar refractivity (Wildman–Crippen MR) is 78.9 cm³/mol. The van der Waals surface area contributed by atoms with Crippen LogP contribution in [0.5, 0.6) is 0 Å². The minimum atomic E-state index is -0.596. The highest BCUT2D eigenvalue weighted by atomic mass is 16.3. The number of benzene rings is 1. The van der Waals surface area contributed by atoms with Gasteiger partial charge in [-0.15, -0.1) is 6.58 Å². The number of nitrogens with zero attached hydrogens (tertiary/aromatic N) is 2. The van der Waals surface area contributed by atoms with Crippen molar-refractivity contribution in [2.24, 2.45) is 0 Å². The van der Waals surface area contributed by atoms with Crippen molar-refractivity contribution in [3.8, 4) is 17.2 Å². The molecule has 3 nitrogen and oxygen atoms in total. The van der Waals surface area contributed by atoms with Crippen LogP contribution in [0.4, 0.5) is 0 Å². The highest BCUT2D eigenvalue weighted by Gasteiger charge is 2.13. The molecule has 0 radical (unpaired) electrons.